The van der Waals surface area contributed by atoms with E-state index in [9.17, 15) is 4.79 Å². The standard InChI is InChI=1S/C8H11N5O/c9-6-1-3-11-8(12-6)13-4-2-5(13)7(10)14/h1,3,5H,2,4H2,(H2,10,14)(H2,9,11,12). The summed E-state index contributed by atoms with van der Waals surface area (Å²) in [4.78, 5) is 20.7. The van der Waals surface area contributed by atoms with E-state index in [1.54, 1.807) is 17.2 Å². The number of amides is 1. The van der Waals surface area contributed by atoms with Gasteiger partial charge in [0.2, 0.25) is 11.9 Å². The highest BCUT2D eigenvalue weighted by atomic mass is 16.1. The fraction of sp³-hybridized carbons (Fsp3) is 0.375. The van der Waals surface area contributed by atoms with Crippen LogP contribution in [0.2, 0.25) is 0 Å². The Bertz CT molecular complexity index is 367. The molecule has 1 saturated heterocycles. The van der Waals surface area contributed by atoms with Crippen LogP contribution in [0.4, 0.5) is 11.8 Å². The first kappa shape index (κ1) is 8.74. The van der Waals surface area contributed by atoms with Crippen molar-refractivity contribution < 1.29 is 4.79 Å². The zero-order valence-corrected chi connectivity index (χ0v) is 7.55. The number of anilines is 2. The average molecular weight is 193 g/mol. The van der Waals surface area contributed by atoms with Gasteiger partial charge >= 0.3 is 0 Å². The smallest absolute Gasteiger partial charge is 0.240 e. The Kier molecular flexibility index (Phi) is 1.95. The van der Waals surface area contributed by atoms with Gasteiger partial charge in [-0.3, -0.25) is 4.79 Å². The van der Waals surface area contributed by atoms with Crippen LogP contribution < -0.4 is 16.4 Å². The Morgan fingerprint density at radius 1 is 1.64 bits per heavy atom. The molecular weight excluding hydrogens is 182 g/mol. The van der Waals surface area contributed by atoms with Gasteiger partial charge in [0.1, 0.15) is 11.9 Å². The molecule has 1 fully saturated rings. The molecule has 1 aromatic rings. The summed E-state index contributed by atoms with van der Waals surface area (Å²) in [5, 5.41) is 0. The molecule has 0 aliphatic carbocycles. The van der Waals surface area contributed by atoms with Crippen LogP contribution in [0, 0.1) is 0 Å². The molecule has 6 nitrogen and oxygen atoms in total. The summed E-state index contributed by atoms with van der Waals surface area (Å²) in [6.07, 6.45) is 2.32. The van der Waals surface area contributed by atoms with E-state index in [1.807, 2.05) is 0 Å². The number of nitrogens with zero attached hydrogens (tertiary/aromatic N) is 3. The molecular formula is C8H11N5O. The van der Waals surface area contributed by atoms with E-state index in [-0.39, 0.29) is 11.9 Å². The fourth-order valence-corrected chi connectivity index (χ4v) is 1.42. The second kappa shape index (κ2) is 3.13. The molecule has 0 radical (unpaired) electrons. The highest BCUT2D eigenvalue weighted by Crippen LogP contribution is 2.22. The third-order valence-corrected chi connectivity index (χ3v) is 2.27. The van der Waals surface area contributed by atoms with Gasteiger partial charge in [0, 0.05) is 12.7 Å². The molecule has 0 aromatic carbocycles. The first-order valence-electron chi connectivity index (χ1n) is 4.33. The summed E-state index contributed by atoms with van der Waals surface area (Å²) in [6.45, 7) is 0.747. The van der Waals surface area contributed by atoms with Crippen LogP contribution >= 0.6 is 0 Å². The number of rotatable bonds is 2. The van der Waals surface area contributed by atoms with E-state index in [0.29, 0.717) is 11.8 Å². The lowest BCUT2D eigenvalue weighted by atomic mass is 10.0. The first-order chi connectivity index (χ1) is 6.68. The van der Waals surface area contributed by atoms with Gasteiger partial charge in [0.15, 0.2) is 0 Å². The van der Waals surface area contributed by atoms with Gasteiger partial charge in [-0.05, 0) is 12.5 Å². The van der Waals surface area contributed by atoms with E-state index < -0.39 is 0 Å². The molecule has 1 aliphatic heterocycles. The summed E-state index contributed by atoms with van der Waals surface area (Å²) >= 11 is 0. The summed E-state index contributed by atoms with van der Waals surface area (Å²) in [5.41, 5.74) is 10.7. The van der Waals surface area contributed by atoms with Crippen LogP contribution in [-0.2, 0) is 4.79 Å². The van der Waals surface area contributed by atoms with Crippen LogP contribution in [0.1, 0.15) is 6.42 Å². The van der Waals surface area contributed by atoms with Gasteiger partial charge in [0.25, 0.3) is 0 Å². The van der Waals surface area contributed by atoms with Gasteiger partial charge in [-0.2, -0.15) is 4.98 Å². The third kappa shape index (κ3) is 1.34. The van der Waals surface area contributed by atoms with E-state index in [0.717, 1.165) is 13.0 Å². The quantitative estimate of drug-likeness (QED) is 0.635. The number of hydrogen-bond donors (Lipinski definition) is 2. The van der Waals surface area contributed by atoms with E-state index in [1.165, 1.54) is 0 Å². The van der Waals surface area contributed by atoms with Crippen LogP contribution in [0.3, 0.4) is 0 Å². The topological polar surface area (TPSA) is 98.1 Å². The molecule has 4 N–H and O–H groups in total. The molecule has 2 rings (SSSR count). The van der Waals surface area contributed by atoms with Gasteiger partial charge in [-0.15, -0.1) is 0 Å². The maximum atomic E-state index is 10.9. The Balaban J connectivity index is 2.20. The molecule has 74 valence electrons. The molecule has 1 aromatic heterocycles. The van der Waals surface area contributed by atoms with Crippen molar-refractivity contribution in [3.63, 3.8) is 0 Å². The molecule has 1 aliphatic rings. The van der Waals surface area contributed by atoms with Crippen LogP contribution in [0.25, 0.3) is 0 Å². The second-order valence-corrected chi connectivity index (χ2v) is 3.18. The van der Waals surface area contributed by atoms with Crippen molar-refractivity contribution in [3.05, 3.63) is 12.3 Å². The summed E-state index contributed by atoms with van der Waals surface area (Å²) in [6, 6.07) is 1.32. The van der Waals surface area contributed by atoms with E-state index in [2.05, 4.69) is 9.97 Å². The van der Waals surface area contributed by atoms with Crippen LogP contribution in [0.15, 0.2) is 12.3 Å². The van der Waals surface area contributed by atoms with Gasteiger partial charge in [-0.25, -0.2) is 4.98 Å². The Hall–Kier alpha value is -1.85. The van der Waals surface area contributed by atoms with Crippen molar-refractivity contribution in [3.8, 4) is 0 Å². The molecule has 0 saturated carbocycles. The maximum absolute atomic E-state index is 10.9. The number of nitrogens with two attached hydrogens (primary N) is 2. The molecule has 1 unspecified atom stereocenters. The zero-order valence-electron chi connectivity index (χ0n) is 7.55. The highest BCUT2D eigenvalue weighted by molar-refractivity contribution is 5.84. The second-order valence-electron chi connectivity index (χ2n) is 3.18. The summed E-state index contributed by atoms with van der Waals surface area (Å²) in [5.74, 6) is 0.521. The SMILES string of the molecule is NC(=O)C1CCN1c1nccc(N)n1. The number of hydrogen-bond acceptors (Lipinski definition) is 5. The predicted octanol–water partition coefficient (Wildman–Crippen LogP) is -0.877. The van der Waals surface area contributed by atoms with Gasteiger partial charge < -0.3 is 16.4 Å². The number of carbonyl (C=O) groups excluding carboxylic acids is 1. The van der Waals surface area contributed by atoms with E-state index >= 15 is 0 Å². The molecule has 0 spiro atoms. The van der Waals surface area contributed by atoms with Crippen molar-refractivity contribution in [2.75, 3.05) is 17.2 Å². The lowest BCUT2D eigenvalue weighted by molar-refractivity contribution is -0.120. The minimum atomic E-state index is -0.345. The third-order valence-electron chi connectivity index (χ3n) is 2.27. The largest absolute Gasteiger partial charge is 0.384 e. The number of carbonyl (C=O) groups is 1. The molecule has 1 atom stereocenters. The summed E-state index contributed by atoms with van der Waals surface area (Å²) < 4.78 is 0. The van der Waals surface area contributed by atoms with E-state index in [4.69, 9.17) is 11.5 Å². The number of primary amides is 1. The summed E-state index contributed by atoms with van der Waals surface area (Å²) in [7, 11) is 0. The van der Waals surface area contributed by atoms with Crippen LogP contribution in [0.5, 0.6) is 0 Å². The molecule has 2 heterocycles. The minimum Gasteiger partial charge on any atom is -0.384 e. The first-order valence-corrected chi connectivity index (χ1v) is 4.33. The number of aromatic nitrogens is 2. The zero-order chi connectivity index (χ0) is 10.1. The van der Waals surface area contributed by atoms with Crippen molar-refractivity contribution >= 4 is 17.7 Å². The predicted molar refractivity (Wildman–Crippen MR) is 51.4 cm³/mol. The Morgan fingerprint density at radius 2 is 2.43 bits per heavy atom. The van der Waals surface area contributed by atoms with Crippen molar-refractivity contribution in [2.45, 2.75) is 12.5 Å². The molecule has 1 amide bonds. The Morgan fingerprint density at radius 3 is 2.93 bits per heavy atom. The van der Waals surface area contributed by atoms with Crippen molar-refractivity contribution in [1.29, 1.82) is 0 Å². The molecule has 0 bridgehead atoms. The number of nitrogen functional groups attached to an aromatic ring is 1. The van der Waals surface area contributed by atoms with Gasteiger partial charge in [-0.1, -0.05) is 0 Å². The lowest BCUT2D eigenvalue weighted by Gasteiger charge is -2.38. The van der Waals surface area contributed by atoms with Crippen molar-refractivity contribution in [2.24, 2.45) is 5.73 Å². The van der Waals surface area contributed by atoms with Crippen molar-refractivity contribution in [1.82, 2.24) is 9.97 Å². The normalized spacial score (nSPS) is 20.3. The molecule has 6 heteroatoms. The average Bonchev–Trinajstić information content (AvgIpc) is 2.00. The fourth-order valence-electron chi connectivity index (χ4n) is 1.42. The highest BCUT2D eigenvalue weighted by Gasteiger charge is 2.34. The monoisotopic (exact) mass is 193 g/mol. The maximum Gasteiger partial charge on any atom is 0.240 e. The lowest BCUT2D eigenvalue weighted by Crippen LogP contribution is -2.55. The minimum absolute atomic E-state index is 0.281. The van der Waals surface area contributed by atoms with Crippen LogP contribution in [-0.4, -0.2) is 28.5 Å². The Labute approximate surface area is 80.9 Å². The van der Waals surface area contributed by atoms with Gasteiger partial charge in [0.05, 0.1) is 0 Å². The molecule has 14 heavy (non-hydrogen) atoms.